The van der Waals surface area contributed by atoms with Crippen LogP contribution in [0, 0.1) is 11.3 Å². The second-order valence-electron chi connectivity index (χ2n) is 3.38. The van der Waals surface area contributed by atoms with Crippen LogP contribution in [0.1, 0.15) is 15.9 Å². The molecule has 0 atom stereocenters. The fraction of sp³-hybridized carbons (Fsp3) is 0. The number of nitriles is 1. The number of nitrogens with one attached hydrogen (secondary N) is 1. The molecular weight excluding hydrogens is 218 g/mol. The lowest BCUT2D eigenvalue weighted by atomic mass is 10.2. The van der Waals surface area contributed by atoms with Crippen molar-refractivity contribution in [1.29, 1.82) is 5.26 Å². The molecule has 2 aromatic rings. The van der Waals surface area contributed by atoms with Gasteiger partial charge in [-0.15, -0.1) is 0 Å². The number of hydrogen-bond donors (Lipinski definition) is 2. The molecule has 5 nitrogen and oxygen atoms in total. The summed E-state index contributed by atoms with van der Waals surface area (Å²) in [6, 6.07) is 8.20. The molecule has 1 heterocycles. The minimum Gasteiger partial charge on any atom is -0.472 e. The number of furan rings is 1. The number of amides is 1. The Labute approximate surface area is 97.5 Å². The van der Waals surface area contributed by atoms with Crippen molar-refractivity contribution in [2.75, 3.05) is 11.1 Å². The molecule has 0 aliphatic heterocycles. The fourth-order valence-electron chi connectivity index (χ4n) is 1.33. The highest BCUT2D eigenvalue weighted by atomic mass is 16.3. The third-order valence-electron chi connectivity index (χ3n) is 2.21. The Balaban J connectivity index is 2.20. The quantitative estimate of drug-likeness (QED) is 0.767. The highest BCUT2D eigenvalue weighted by molar-refractivity contribution is 6.05. The molecule has 0 aliphatic rings. The SMILES string of the molecule is N#Cc1ccc(NC(=O)c2ccoc2)c(N)c1. The lowest BCUT2D eigenvalue weighted by Crippen LogP contribution is -2.12. The van der Waals surface area contributed by atoms with Gasteiger partial charge in [0, 0.05) is 0 Å². The van der Waals surface area contributed by atoms with Crippen LogP contribution in [-0.4, -0.2) is 5.91 Å². The molecule has 1 aromatic heterocycles. The zero-order valence-corrected chi connectivity index (χ0v) is 8.81. The molecule has 1 amide bonds. The van der Waals surface area contributed by atoms with Crippen LogP contribution in [0.3, 0.4) is 0 Å². The van der Waals surface area contributed by atoms with Gasteiger partial charge in [0.25, 0.3) is 5.91 Å². The number of benzene rings is 1. The molecule has 1 aromatic carbocycles. The molecule has 5 heteroatoms. The van der Waals surface area contributed by atoms with E-state index in [1.807, 2.05) is 6.07 Å². The molecule has 17 heavy (non-hydrogen) atoms. The lowest BCUT2D eigenvalue weighted by molar-refractivity contribution is 0.102. The van der Waals surface area contributed by atoms with Gasteiger partial charge < -0.3 is 15.5 Å². The van der Waals surface area contributed by atoms with Crippen LogP contribution in [0.4, 0.5) is 11.4 Å². The summed E-state index contributed by atoms with van der Waals surface area (Å²) in [5, 5.41) is 11.3. The third-order valence-corrected chi connectivity index (χ3v) is 2.21. The van der Waals surface area contributed by atoms with Crippen molar-refractivity contribution in [2.24, 2.45) is 0 Å². The summed E-state index contributed by atoms with van der Waals surface area (Å²) in [6.45, 7) is 0. The molecule has 0 saturated heterocycles. The van der Waals surface area contributed by atoms with Crippen molar-refractivity contribution in [2.45, 2.75) is 0 Å². The van der Waals surface area contributed by atoms with Crippen LogP contribution in [0.2, 0.25) is 0 Å². The molecule has 0 spiro atoms. The molecule has 0 fully saturated rings. The zero-order valence-electron chi connectivity index (χ0n) is 8.81. The van der Waals surface area contributed by atoms with Gasteiger partial charge in [0.1, 0.15) is 6.26 Å². The normalized spacial score (nSPS) is 9.59. The van der Waals surface area contributed by atoms with E-state index in [0.717, 1.165) is 0 Å². The summed E-state index contributed by atoms with van der Waals surface area (Å²) in [5.74, 6) is -0.310. The second kappa shape index (κ2) is 4.41. The largest absolute Gasteiger partial charge is 0.472 e. The van der Waals surface area contributed by atoms with Gasteiger partial charge in [-0.05, 0) is 24.3 Å². The highest BCUT2D eigenvalue weighted by Crippen LogP contribution is 2.20. The van der Waals surface area contributed by atoms with E-state index in [-0.39, 0.29) is 5.91 Å². The lowest BCUT2D eigenvalue weighted by Gasteiger charge is -2.06. The first-order valence-corrected chi connectivity index (χ1v) is 4.84. The molecule has 0 aliphatic carbocycles. The van der Waals surface area contributed by atoms with Crippen molar-refractivity contribution < 1.29 is 9.21 Å². The number of hydrogen-bond acceptors (Lipinski definition) is 4. The van der Waals surface area contributed by atoms with Crippen LogP contribution in [0.25, 0.3) is 0 Å². The van der Waals surface area contributed by atoms with Crippen molar-refractivity contribution in [3.63, 3.8) is 0 Å². The van der Waals surface area contributed by atoms with Crippen LogP contribution in [-0.2, 0) is 0 Å². The average Bonchev–Trinajstić information content (AvgIpc) is 2.85. The number of carbonyl (C=O) groups is 1. The van der Waals surface area contributed by atoms with Gasteiger partial charge in [-0.25, -0.2) is 0 Å². The summed E-state index contributed by atoms with van der Waals surface area (Å²) in [7, 11) is 0. The number of nitrogens with zero attached hydrogens (tertiary/aromatic N) is 1. The van der Waals surface area contributed by atoms with E-state index in [0.29, 0.717) is 22.5 Å². The van der Waals surface area contributed by atoms with Gasteiger partial charge in [0.15, 0.2) is 0 Å². The summed E-state index contributed by atoms with van der Waals surface area (Å²) in [4.78, 5) is 11.7. The molecule has 3 N–H and O–H groups in total. The average molecular weight is 227 g/mol. The smallest absolute Gasteiger partial charge is 0.258 e. The minimum atomic E-state index is -0.310. The van der Waals surface area contributed by atoms with E-state index in [9.17, 15) is 4.79 Å². The standard InChI is InChI=1S/C12H9N3O2/c13-6-8-1-2-11(10(14)5-8)15-12(16)9-3-4-17-7-9/h1-5,7H,14H2,(H,15,16). The van der Waals surface area contributed by atoms with Gasteiger partial charge in [0.05, 0.1) is 34.8 Å². The first-order valence-electron chi connectivity index (χ1n) is 4.84. The first-order chi connectivity index (χ1) is 8.20. The van der Waals surface area contributed by atoms with Gasteiger partial charge in [-0.1, -0.05) is 0 Å². The Morgan fingerprint density at radius 1 is 1.41 bits per heavy atom. The second-order valence-corrected chi connectivity index (χ2v) is 3.38. The maximum atomic E-state index is 11.7. The molecule has 0 saturated carbocycles. The van der Waals surface area contributed by atoms with Crippen molar-refractivity contribution in [1.82, 2.24) is 0 Å². The summed E-state index contributed by atoms with van der Waals surface area (Å²) < 4.78 is 4.80. The predicted octanol–water partition coefficient (Wildman–Crippen LogP) is 1.99. The van der Waals surface area contributed by atoms with Gasteiger partial charge in [-0.2, -0.15) is 5.26 Å². The maximum absolute atomic E-state index is 11.7. The molecular formula is C12H9N3O2. The number of carbonyl (C=O) groups excluding carboxylic acids is 1. The van der Waals surface area contributed by atoms with E-state index in [2.05, 4.69) is 5.32 Å². The molecule has 0 unspecified atom stereocenters. The maximum Gasteiger partial charge on any atom is 0.258 e. The summed E-state index contributed by atoms with van der Waals surface area (Å²) in [5.41, 5.74) is 7.38. The third kappa shape index (κ3) is 2.26. The van der Waals surface area contributed by atoms with Gasteiger partial charge in [0.2, 0.25) is 0 Å². The fourth-order valence-corrected chi connectivity index (χ4v) is 1.33. The topological polar surface area (TPSA) is 92.0 Å². The Morgan fingerprint density at radius 3 is 2.82 bits per heavy atom. The number of rotatable bonds is 2. The van der Waals surface area contributed by atoms with Crippen LogP contribution < -0.4 is 11.1 Å². The van der Waals surface area contributed by atoms with E-state index >= 15 is 0 Å². The van der Waals surface area contributed by atoms with Gasteiger partial charge in [-0.3, -0.25) is 4.79 Å². The number of anilines is 2. The van der Waals surface area contributed by atoms with Crippen molar-refractivity contribution >= 4 is 17.3 Å². The number of nitrogen functional groups attached to an aromatic ring is 1. The Morgan fingerprint density at radius 2 is 2.24 bits per heavy atom. The molecule has 84 valence electrons. The molecule has 0 bridgehead atoms. The van der Waals surface area contributed by atoms with E-state index in [1.165, 1.54) is 18.6 Å². The van der Waals surface area contributed by atoms with Crippen molar-refractivity contribution in [3.05, 3.63) is 47.9 Å². The van der Waals surface area contributed by atoms with E-state index in [4.69, 9.17) is 15.4 Å². The van der Waals surface area contributed by atoms with Crippen LogP contribution in [0.5, 0.6) is 0 Å². The molecule has 2 rings (SSSR count). The Hall–Kier alpha value is -2.74. The Kier molecular flexibility index (Phi) is 2.79. The van der Waals surface area contributed by atoms with E-state index < -0.39 is 0 Å². The van der Waals surface area contributed by atoms with Crippen LogP contribution in [0.15, 0.2) is 41.2 Å². The predicted molar refractivity (Wildman–Crippen MR) is 62.2 cm³/mol. The van der Waals surface area contributed by atoms with E-state index in [1.54, 1.807) is 18.2 Å². The van der Waals surface area contributed by atoms with Crippen LogP contribution >= 0.6 is 0 Å². The Bertz CT molecular complexity index is 582. The van der Waals surface area contributed by atoms with Crippen molar-refractivity contribution in [3.8, 4) is 6.07 Å². The molecule has 0 radical (unpaired) electrons. The monoisotopic (exact) mass is 227 g/mol. The number of nitrogens with two attached hydrogens (primary N) is 1. The summed E-state index contributed by atoms with van der Waals surface area (Å²) >= 11 is 0. The summed E-state index contributed by atoms with van der Waals surface area (Å²) in [6.07, 6.45) is 2.76. The minimum absolute atomic E-state index is 0.310. The first kappa shape index (κ1) is 10.8. The van der Waals surface area contributed by atoms with Gasteiger partial charge >= 0.3 is 0 Å². The highest BCUT2D eigenvalue weighted by Gasteiger charge is 2.09. The zero-order chi connectivity index (χ0) is 12.3.